The summed E-state index contributed by atoms with van der Waals surface area (Å²) < 4.78 is 0. The number of aromatic nitrogens is 2. The van der Waals surface area contributed by atoms with Gasteiger partial charge in [0.15, 0.2) is 0 Å². The Balaban J connectivity index is 1.73. The molecule has 2 aromatic rings. The highest BCUT2D eigenvalue weighted by atomic mass is 15.3. The third kappa shape index (κ3) is 3.52. The number of hydrogen-bond acceptors (Lipinski definition) is 7. The van der Waals surface area contributed by atoms with Crippen LogP contribution in [0.1, 0.15) is 12.0 Å². The molecule has 0 bridgehead atoms. The Morgan fingerprint density at radius 2 is 2.08 bits per heavy atom. The van der Waals surface area contributed by atoms with Crippen molar-refractivity contribution in [3.63, 3.8) is 0 Å². The van der Waals surface area contributed by atoms with Crippen molar-refractivity contribution in [1.82, 2.24) is 9.97 Å². The van der Waals surface area contributed by atoms with Gasteiger partial charge in [0.05, 0.1) is 0 Å². The molecule has 124 valence electrons. The highest BCUT2D eigenvalue weighted by molar-refractivity contribution is 6.08. The van der Waals surface area contributed by atoms with Crippen LogP contribution < -0.4 is 21.7 Å². The van der Waals surface area contributed by atoms with Crippen molar-refractivity contribution >= 4 is 29.2 Å². The molecule has 1 aliphatic rings. The SMILES string of the molecule is N=CC(=CN)c1ccc(Nc2ccnc(N3CC[C@H](N)C3)n2)cc1. The summed E-state index contributed by atoms with van der Waals surface area (Å²) in [5.74, 6) is 1.43. The summed E-state index contributed by atoms with van der Waals surface area (Å²) in [5.41, 5.74) is 13.9. The molecule has 1 aliphatic heterocycles. The van der Waals surface area contributed by atoms with E-state index in [-0.39, 0.29) is 6.04 Å². The number of nitrogens with one attached hydrogen (secondary N) is 2. The highest BCUT2D eigenvalue weighted by Gasteiger charge is 2.21. The van der Waals surface area contributed by atoms with Gasteiger partial charge in [-0.25, -0.2) is 4.98 Å². The van der Waals surface area contributed by atoms with Gasteiger partial charge in [-0.1, -0.05) is 12.1 Å². The van der Waals surface area contributed by atoms with Gasteiger partial charge in [0.2, 0.25) is 5.95 Å². The summed E-state index contributed by atoms with van der Waals surface area (Å²) in [7, 11) is 0. The molecule has 0 aliphatic carbocycles. The second-order valence-electron chi connectivity index (χ2n) is 5.71. The minimum atomic E-state index is 0.191. The van der Waals surface area contributed by atoms with Crippen molar-refractivity contribution in [2.45, 2.75) is 12.5 Å². The number of anilines is 3. The average Bonchev–Trinajstić information content (AvgIpc) is 3.04. The summed E-state index contributed by atoms with van der Waals surface area (Å²) >= 11 is 0. The zero-order chi connectivity index (χ0) is 16.9. The number of rotatable bonds is 5. The van der Waals surface area contributed by atoms with Gasteiger partial charge in [-0.15, -0.1) is 0 Å². The van der Waals surface area contributed by atoms with E-state index in [1.807, 2.05) is 30.3 Å². The largest absolute Gasteiger partial charge is 0.404 e. The second-order valence-corrected chi connectivity index (χ2v) is 5.71. The first-order chi connectivity index (χ1) is 11.7. The lowest BCUT2D eigenvalue weighted by Gasteiger charge is -2.16. The molecule has 7 nitrogen and oxygen atoms in total. The zero-order valence-electron chi connectivity index (χ0n) is 13.3. The summed E-state index contributed by atoms with van der Waals surface area (Å²) in [6, 6.07) is 9.69. The molecule has 3 rings (SSSR count). The van der Waals surface area contributed by atoms with Gasteiger partial charge in [-0.2, -0.15) is 4.98 Å². The molecule has 0 unspecified atom stereocenters. The first-order valence-corrected chi connectivity index (χ1v) is 7.83. The molecule has 0 radical (unpaired) electrons. The maximum atomic E-state index is 7.33. The maximum Gasteiger partial charge on any atom is 0.227 e. The molecule has 1 aromatic heterocycles. The maximum absolute atomic E-state index is 7.33. The standard InChI is InChI=1S/C17H21N7/c18-9-13(10-19)12-1-3-15(4-2-12)22-16-5-7-21-17(23-16)24-8-6-14(20)11-24/h1-5,7,9-10,14,18H,6,8,11,19-20H2,(H,21,22,23)/t14-/m0/s1. The van der Waals surface area contributed by atoms with Crippen molar-refractivity contribution in [1.29, 1.82) is 5.41 Å². The second kappa shape index (κ2) is 7.10. The lowest BCUT2D eigenvalue weighted by Crippen LogP contribution is -2.27. The Morgan fingerprint density at radius 1 is 1.29 bits per heavy atom. The van der Waals surface area contributed by atoms with Crippen molar-refractivity contribution in [2.75, 3.05) is 23.3 Å². The quantitative estimate of drug-likeness (QED) is 0.622. The molecule has 2 heterocycles. The van der Waals surface area contributed by atoms with E-state index in [1.165, 1.54) is 12.4 Å². The van der Waals surface area contributed by atoms with E-state index in [2.05, 4.69) is 20.2 Å². The van der Waals surface area contributed by atoms with Crippen molar-refractivity contribution in [3.8, 4) is 0 Å². The normalized spacial score (nSPS) is 17.8. The fourth-order valence-corrected chi connectivity index (χ4v) is 2.66. The van der Waals surface area contributed by atoms with Gasteiger partial charge < -0.3 is 27.1 Å². The minimum absolute atomic E-state index is 0.191. The number of allylic oxidation sites excluding steroid dienone is 1. The molecular weight excluding hydrogens is 302 g/mol. The Labute approximate surface area is 140 Å². The van der Waals surface area contributed by atoms with E-state index in [0.717, 1.165) is 36.6 Å². The Bertz CT molecular complexity index is 739. The van der Waals surface area contributed by atoms with E-state index < -0.39 is 0 Å². The van der Waals surface area contributed by atoms with Gasteiger partial charge >= 0.3 is 0 Å². The number of benzene rings is 1. The first kappa shape index (κ1) is 15.9. The molecule has 7 heteroatoms. The molecule has 1 atom stereocenters. The average molecular weight is 323 g/mol. The minimum Gasteiger partial charge on any atom is -0.404 e. The molecule has 1 saturated heterocycles. The number of hydrogen-bond donors (Lipinski definition) is 4. The van der Waals surface area contributed by atoms with Crippen LogP contribution in [-0.2, 0) is 0 Å². The zero-order valence-corrected chi connectivity index (χ0v) is 13.3. The molecular formula is C17H21N7. The molecule has 1 fully saturated rings. The topological polar surface area (TPSA) is 117 Å². The van der Waals surface area contributed by atoms with Gasteiger partial charge in [0.25, 0.3) is 0 Å². The summed E-state index contributed by atoms with van der Waals surface area (Å²) in [6.45, 7) is 1.67. The highest BCUT2D eigenvalue weighted by Crippen LogP contribution is 2.21. The Morgan fingerprint density at radius 3 is 2.71 bits per heavy atom. The lowest BCUT2D eigenvalue weighted by molar-refractivity contribution is 0.750. The van der Waals surface area contributed by atoms with Crippen LogP contribution in [0.5, 0.6) is 0 Å². The predicted molar refractivity (Wildman–Crippen MR) is 97.5 cm³/mol. The van der Waals surface area contributed by atoms with Crippen LogP contribution in [0.3, 0.4) is 0 Å². The number of nitrogens with zero attached hydrogens (tertiary/aromatic N) is 3. The monoisotopic (exact) mass is 323 g/mol. The van der Waals surface area contributed by atoms with Crippen LogP contribution in [0.2, 0.25) is 0 Å². The molecule has 24 heavy (non-hydrogen) atoms. The van der Waals surface area contributed by atoms with E-state index in [0.29, 0.717) is 11.5 Å². The van der Waals surface area contributed by atoms with Crippen LogP contribution in [0.25, 0.3) is 5.57 Å². The van der Waals surface area contributed by atoms with Crippen molar-refractivity contribution < 1.29 is 0 Å². The van der Waals surface area contributed by atoms with Crippen LogP contribution in [0.4, 0.5) is 17.5 Å². The third-order valence-electron chi connectivity index (χ3n) is 3.98. The molecule has 0 saturated carbocycles. The Hall–Kier alpha value is -2.93. The summed E-state index contributed by atoms with van der Waals surface area (Å²) in [4.78, 5) is 11.0. The molecule has 1 aromatic carbocycles. The van der Waals surface area contributed by atoms with E-state index >= 15 is 0 Å². The van der Waals surface area contributed by atoms with E-state index in [1.54, 1.807) is 6.20 Å². The van der Waals surface area contributed by atoms with E-state index in [9.17, 15) is 0 Å². The van der Waals surface area contributed by atoms with Gasteiger partial charge in [-0.3, -0.25) is 0 Å². The van der Waals surface area contributed by atoms with Crippen molar-refractivity contribution in [2.24, 2.45) is 11.5 Å². The number of nitrogens with two attached hydrogens (primary N) is 2. The fourth-order valence-electron chi connectivity index (χ4n) is 2.66. The van der Waals surface area contributed by atoms with Gasteiger partial charge in [0.1, 0.15) is 5.82 Å². The van der Waals surface area contributed by atoms with Gasteiger partial charge in [0, 0.05) is 49.0 Å². The predicted octanol–water partition coefficient (Wildman–Crippen LogP) is 1.71. The van der Waals surface area contributed by atoms with Crippen molar-refractivity contribution in [3.05, 3.63) is 48.3 Å². The van der Waals surface area contributed by atoms with Crippen LogP contribution in [-0.4, -0.2) is 35.3 Å². The summed E-state index contributed by atoms with van der Waals surface area (Å²) in [5, 5.41) is 10.6. The van der Waals surface area contributed by atoms with E-state index in [4.69, 9.17) is 16.9 Å². The smallest absolute Gasteiger partial charge is 0.227 e. The molecule has 0 spiro atoms. The summed E-state index contributed by atoms with van der Waals surface area (Å²) in [6.07, 6.45) is 5.37. The lowest BCUT2D eigenvalue weighted by atomic mass is 10.1. The third-order valence-corrected chi connectivity index (χ3v) is 3.98. The van der Waals surface area contributed by atoms with Gasteiger partial charge in [-0.05, 0) is 30.2 Å². The van der Waals surface area contributed by atoms with Crippen LogP contribution in [0, 0.1) is 5.41 Å². The molecule has 6 N–H and O–H groups in total. The molecule has 0 amide bonds. The van der Waals surface area contributed by atoms with Crippen LogP contribution >= 0.6 is 0 Å². The van der Waals surface area contributed by atoms with Crippen LogP contribution in [0.15, 0.2) is 42.7 Å². The fraction of sp³-hybridized carbons (Fsp3) is 0.235. The first-order valence-electron chi connectivity index (χ1n) is 7.83. The Kier molecular flexibility index (Phi) is 4.72.